The van der Waals surface area contributed by atoms with Gasteiger partial charge in [0, 0.05) is 44.7 Å². The molecule has 3 heterocycles. The summed E-state index contributed by atoms with van der Waals surface area (Å²) < 4.78 is 0. The van der Waals surface area contributed by atoms with E-state index in [0.29, 0.717) is 49.7 Å². The summed E-state index contributed by atoms with van der Waals surface area (Å²) in [5.41, 5.74) is 2.12. The van der Waals surface area contributed by atoms with Crippen molar-refractivity contribution >= 4 is 17.7 Å². The highest BCUT2D eigenvalue weighted by molar-refractivity contribution is 5.94. The first-order valence-electron chi connectivity index (χ1n) is 11.2. The molecule has 1 unspecified atom stereocenters. The van der Waals surface area contributed by atoms with Crippen LogP contribution < -0.4 is 5.32 Å². The van der Waals surface area contributed by atoms with Crippen molar-refractivity contribution in [2.24, 2.45) is 0 Å². The van der Waals surface area contributed by atoms with Crippen molar-refractivity contribution in [2.45, 2.75) is 45.1 Å². The number of piperidine rings is 1. The Labute approximate surface area is 188 Å². The van der Waals surface area contributed by atoms with Crippen molar-refractivity contribution in [3.8, 4) is 0 Å². The Morgan fingerprint density at radius 2 is 1.97 bits per heavy atom. The maximum absolute atomic E-state index is 12.7. The van der Waals surface area contributed by atoms with E-state index in [1.807, 2.05) is 42.2 Å². The molecule has 0 radical (unpaired) electrons. The summed E-state index contributed by atoms with van der Waals surface area (Å²) in [6.45, 7) is 4.31. The molecule has 3 amide bonds. The summed E-state index contributed by atoms with van der Waals surface area (Å²) in [4.78, 5) is 49.7. The van der Waals surface area contributed by atoms with Crippen LogP contribution in [0.4, 0.5) is 0 Å². The van der Waals surface area contributed by atoms with E-state index in [9.17, 15) is 14.4 Å². The predicted molar refractivity (Wildman–Crippen MR) is 119 cm³/mol. The van der Waals surface area contributed by atoms with Crippen LogP contribution in [-0.4, -0.2) is 63.7 Å². The number of benzene rings is 1. The van der Waals surface area contributed by atoms with Gasteiger partial charge in [0.2, 0.25) is 11.8 Å². The third kappa shape index (κ3) is 5.12. The maximum atomic E-state index is 12.7. The summed E-state index contributed by atoms with van der Waals surface area (Å²) >= 11 is 0. The number of carbonyl (C=O) groups is 3. The molecule has 2 aromatic rings. The van der Waals surface area contributed by atoms with E-state index in [2.05, 4.69) is 15.3 Å². The van der Waals surface area contributed by atoms with Gasteiger partial charge < -0.3 is 15.1 Å². The highest BCUT2D eigenvalue weighted by Gasteiger charge is 2.30. The minimum atomic E-state index is -0.200. The zero-order chi connectivity index (χ0) is 22.5. The van der Waals surface area contributed by atoms with Gasteiger partial charge in [-0.3, -0.25) is 14.4 Å². The number of likely N-dealkylation sites (tertiary alicyclic amines) is 2. The van der Waals surface area contributed by atoms with Gasteiger partial charge in [-0.2, -0.15) is 0 Å². The Balaban J connectivity index is 1.36. The minimum absolute atomic E-state index is 0.0152. The molecule has 8 heteroatoms. The Hall–Kier alpha value is -3.29. The number of aryl methyl sites for hydroxylation is 1. The molecule has 1 aromatic carbocycles. The Morgan fingerprint density at radius 1 is 1.16 bits per heavy atom. The fourth-order valence-electron chi connectivity index (χ4n) is 4.33. The topological polar surface area (TPSA) is 95.5 Å². The van der Waals surface area contributed by atoms with Gasteiger partial charge in [-0.1, -0.05) is 30.3 Å². The van der Waals surface area contributed by atoms with Crippen LogP contribution >= 0.6 is 0 Å². The highest BCUT2D eigenvalue weighted by atomic mass is 16.2. The quantitative estimate of drug-likeness (QED) is 0.749. The van der Waals surface area contributed by atoms with Crippen molar-refractivity contribution < 1.29 is 14.4 Å². The maximum Gasteiger partial charge on any atom is 0.254 e. The van der Waals surface area contributed by atoms with E-state index < -0.39 is 0 Å². The van der Waals surface area contributed by atoms with E-state index in [0.717, 1.165) is 24.8 Å². The SMILES string of the molecule is Cc1nc(C2CCCN(C(=O)CN3CCCC3=O)C2)ncc1C(=O)NCc1ccccc1. The van der Waals surface area contributed by atoms with Gasteiger partial charge in [0.05, 0.1) is 17.8 Å². The smallest absolute Gasteiger partial charge is 0.254 e. The molecule has 0 saturated carbocycles. The van der Waals surface area contributed by atoms with Crippen LogP contribution in [0.2, 0.25) is 0 Å². The zero-order valence-electron chi connectivity index (χ0n) is 18.4. The number of aromatic nitrogens is 2. The first kappa shape index (κ1) is 21.9. The molecule has 4 rings (SSSR count). The van der Waals surface area contributed by atoms with Crippen LogP contribution in [-0.2, 0) is 16.1 Å². The predicted octanol–water partition coefficient (Wildman–Crippen LogP) is 2.04. The number of rotatable bonds is 6. The second-order valence-corrected chi connectivity index (χ2v) is 8.49. The molecule has 1 N–H and O–H groups in total. The molecule has 32 heavy (non-hydrogen) atoms. The number of amides is 3. The van der Waals surface area contributed by atoms with Gasteiger partial charge in [0.15, 0.2) is 0 Å². The van der Waals surface area contributed by atoms with Crippen molar-refractivity contribution in [1.29, 1.82) is 0 Å². The molecule has 168 valence electrons. The van der Waals surface area contributed by atoms with E-state index >= 15 is 0 Å². The van der Waals surface area contributed by atoms with Crippen molar-refractivity contribution in [3.63, 3.8) is 0 Å². The molecular weight excluding hydrogens is 406 g/mol. The highest BCUT2D eigenvalue weighted by Crippen LogP contribution is 2.25. The van der Waals surface area contributed by atoms with E-state index in [1.165, 1.54) is 0 Å². The number of nitrogens with zero attached hydrogens (tertiary/aromatic N) is 4. The lowest BCUT2D eigenvalue weighted by Crippen LogP contribution is -2.45. The molecular formula is C24H29N5O3. The normalized spacial score (nSPS) is 18.7. The summed E-state index contributed by atoms with van der Waals surface area (Å²) in [5.74, 6) is 0.540. The molecule has 2 saturated heterocycles. The molecule has 0 bridgehead atoms. The van der Waals surface area contributed by atoms with Crippen LogP contribution in [0.15, 0.2) is 36.5 Å². The molecule has 0 spiro atoms. The first-order valence-corrected chi connectivity index (χ1v) is 11.2. The van der Waals surface area contributed by atoms with Gasteiger partial charge in [0.1, 0.15) is 5.82 Å². The largest absolute Gasteiger partial charge is 0.348 e. The average molecular weight is 436 g/mol. The summed E-state index contributed by atoms with van der Waals surface area (Å²) in [7, 11) is 0. The monoisotopic (exact) mass is 435 g/mol. The lowest BCUT2D eigenvalue weighted by molar-refractivity contribution is -0.139. The van der Waals surface area contributed by atoms with E-state index in [-0.39, 0.29) is 30.2 Å². The molecule has 8 nitrogen and oxygen atoms in total. The average Bonchev–Trinajstić information content (AvgIpc) is 3.22. The van der Waals surface area contributed by atoms with Crippen LogP contribution in [0.5, 0.6) is 0 Å². The fraction of sp³-hybridized carbons (Fsp3) is 0.458. The lowest BCUT2D eigenvalue weighted by Gasteiger charge is -2.33. The van der Waals surface area contributed by atoms with Crippen LogP contribution in [0, 0.1) is 6.92 Å². The van der Waals surface area contributed by atoms with Crippen molar-refractivity contribution in [1.82, 2.24) is 25.1 Å². The van der Waals surface area contributed by atoms with Crippen LogP contribution in [0.25, 0.3) is 0 Å². The molecule has 1 aromatic heterocycles. The standard InChI is InChI=1S/C24H29N5O3/c1-17-20(24(32)26-13-18-7-3-2-4-8-18)14-25-23(27-17)19-9-5-11-28(15-19)22(31)16-29-12-6-10-21(29)30/h2-4,7-8,14,19H,5-6,9-13,15-16H2,1H3,(H,26,32). The number of hydrogen-bond acceptors (Lipinski definition) is 5. The van der Waals surface area contributed by atoms with E-state index in [1.54, 1.807) is 11.1 Å². The fourth-order valence-corrected chi connectivity index (χ4v) is 4.33. The first-order chi connectivity index (χ1) is 15.5. The van der Waals surface area contributed by atoms with Gasteiger partial charge in [-0.15, -0.1) is 0 Å². The second kappa shape index (κ2) is 9.89. The van der Waals surface area contributed by atoms with E-state index in [4.69, 9.17) is 0 Å². The minimum Gasteiger partial charge on any atom is -0.348 e. The molecule has 2 aliphatic rings. The van der Waals surface area contributed by atoms with Crippen LogP contribution in [0.3, 0.4) is 0 Å². The number of carbonyl (C=O) groups excluding carboxylic acids is 3. The Bertz CT molecular complexity index is 994. The van der Waals surface area contributed by atoms with Gasteiger partial charge in [-0.05, 0) is 31.7 Å². The second-order valence-electron chi connectivity index (χ2n) is 8.49. The Morgan fingerprint density at radius 3 is 2.69 bits per heavy atom. The molecule has 2 fully saturated rings. The molecule has 0 aliphatic carbocycles. The molecule has 2 aliphatic heterocycles. The van der Waals surface area contributed by atoms with Crippen LogP contribution in [0.1, 0.15) is 59.0 Å². The van der Waals surface area contributed by atoms with Crippen molar-refractivity contribution in [3.05, 3.63) is 59.2 Å². The van der Waals surface area contributed by atoms with Gasteiger partial charge in [0.25, 0.3) is 5.91 Å². The lowest BCUT2D eigenvalue weighted by atomic mass is 9.96. The summed E-state index contributed by atoms with van der Waals surface area (Å²) in [5, 5.41) is 2.91. The number of hydrogen-bond donors (Lipinski definition) is 1. The zero-order valence-corrected chi connectivity index (χ0v) is 18.4. The summed E-state index contributed by atoms with van der Waals surface area (Å²) in [6, 6.07) is 9.73. The third-order valence-electron chi connectivity index (χ3n) is 6.18. The summed E-state index contributed by atoms with van der Waals surface area (Å²) in [6.07, 6.45) is 4.71. The van der Waals surface area contributed by atoms with Crippen molar-refractivity contribution in [2.75, 3.05) is 26.2 Å². The molecule has 1 atom stereocenters. The van der Waals surface area contributed by atoms with Gasteiger partial charge >= 0.3 is 0 Å². The third-order valence-corrected chi connectivity index (χ3v) is 6.18. The van der Waals surface area contributed by atoms with Gasteiger partial charge in [-0.25, -0.2) is 9.97 Å². The number of nitrogens with one attached hydrogen (secondary N) is 1. The Kier molecular flexibility index (Phi) is 6.78.